The van der Waals surface area contributed by atoms with Crippen molar-refractivity contribution in [2.75, 3.05) is 12.4 Å². The molecule has 0 heterocycles. The summed E-state index contributed by atoms with van der Waals surface area (Å²) in [5, 5.41) is 2.82. The van der Waals surface area contributed by atoms with Gasteiger partial charge in [-0.25, -0.2) is 0 Å². The summed E-state index contributed by atoms with van der Waals surface area (Å²) in [4.78, 5) is 12.4. The minimum atomic E-state index is -2.95. The maximum Gasteiger partial charge on any atom is 0.387 e. The van der Waals surface area contributed by atoms with E-state index >= 15 is 0 Å². The number of benzene rings is 2. The second-order valence-electron chi connectivity index (χ2n) is 5.54. The highest BCUT2D eigenvalue weighted by atomic mass is 19.3. The molecule has 1 N–H and O–H groups in total. The molecule has 0 spiro atoms. The number of rotatable bonds is 5. The number of alkyl halides is 2. The van der Waals surface area contributed by atoms with Crippen LogP contribution in [0.5, 0.6) is 11.5 Å². The molecule has 2 aromatic carbocycles. The van der Waals surface area contributed by atoms with Crippen LogP contribution in [-0.2, 0) is 12.8 Å². The van der Waals surface area contributed by atoms with Gasteiger partial charge in [-0.05, 0) is 60.7 Å². The minimum Gasteiger partial charge on any atom is -0.493 e. The molecule has 0 radical (unpaired) electrons. The van der Waals surface area contributed by atoms with E-state index in [1.165, 1.54) is 36.4 Å². The van der Waals surface area contributed by atoms with E-state index in [1.807, 2.05) is 18.2 Å². The third-order valence-electron chi connectivity index (χ3n) is 4.00. The van der Waals surface area contributed by atoms with Crippen LogP contribution in [0.4, 0.5) is 14.5 Å². The molecular formula is C18H17F2NO3. The second-order valence-corrected chi connectivity index (χ2v) is 5.54. The third kappa shape index (κ3) is 3.48. The van der Waals surface area contributed by atoms with Crippen LogP contribution in [0.1, 0.15) is 27.9 Å². The summed E-state index contributed by atoms with van der Waals surface area (Å²) in [6, 6.07) is 9.96. The summed E-state index contributed by atoms with van der Waals surface area (Å²) in [6.07, 6.45) is 3.23. The van der Waals surface area contributed by atoms with Crippen molar-refractivity contribution < 1.29 is 23.0 Å². The maximum absolute atomic E-state index is 12.4. The van der Waals surface area contributed by atoms with Crippen molar-refractivity contribution >= 4 is 11.6 Å². The Morgan fingerprint density at radius 3 is 2.62 bits per heavy atom. The van der Waals surface area contributed by atoms with Gasteiger partial charge < -0.3 is 14.8 Å². The average Bonchev–Trinajstić information content (AvgIpc) is 3.02. The zero-order valence-electron chi connectivity index (χ0n) is 13.1. The van der Waals surface area contributed by atoms with Crippen molar-refractivity contribution in [1.29, 1.82) is 0 Å². The molecule has 24 heavy (non-hydrogen) atoms. The van der Waals surface area contributed by atoms with E-state index in [0.717, 1.165) is 19.3 Å². The van der Waals surface area contributed by atoms with Crippen molar-refractivity contribution in [2.45, 2.75) is 25.9 Å². The first-order valence-electron chi connectivity index (χ1n) is 7.63. The summed E-state index contributed by atoms with van der Waals surface area (Å²) >= 11 is 0. The van der Waals surface area contributed by atoms with Crippen molar-refractivity contribution in [3.63, 3.8) is 0 Å². The number of carbonyl (C=O) groups excluding carboxylic acids is 1. The van der Waals surface area contributed by atoms with Gasteiger partial charge in [-0.2, -0.15) is 8.78 Å². The van der Waals surface area contributed by atoms with E-state index < -0.39 is 6.61 Å². The topological polar surface area (TPSA) is 47.6 Å². The van der Waals surface area contributed by atoms with E-state index in [9.17, 15) is 13.6 Å². The molecule has 0 atom stereocenters. The fourth-order valence-electron chi connectivity index (χ4n) is 2.86. The highest BCUT2D eigenvalue weighted by molar-refractivity contribution is 6.04. The largest absolute Gasteiger partial charge is 0.493 e. The first-order valence-corrected chi connectivity index (χ1v) is 7.63. The van der Waals surface area contributed by atoms with Gasteiger partial charge in [0.1, 0.15) is 0 Å². The van der Waals surface area contributed by atoms with Crippen LogP contribution >= 0.6 is 0 Å². The van der Waals surface area contributed by atoms with Gasteiger partial charge in [0.2, 0.25) is 0 Å². The summed E-state index contributed by atoms with van der Waals surface area (Å²) in [5.41, 5.74) is 3.59. The van der Waals surface area contributed by atoms with E-state index in [2.05, 4.69) is 10.1 Å². The summed E-state index contributed by atoms with van der Waals surface area (Å²) in [5.74, 6) is -0.367. The number of hydrogen-bond acceptors (Lipinski definition) is 3. The zero-order chi connectivity index (χ0) is 17.1. The SMILES string of the molecule is COc1cc(C(=O)Nc2ccc3c(c2)CCC3)ccc1OC(F)F. The molecule has 1 aliphatic carbocycles. The van der Waals surface area contributed by atoms with Crippen LogP contribution in [0, 0.1) is 0 Å². The molecule has 0 unspecified atom stereocenters. The van der Waals surface area contributed by atoms with Crippen LogP contribution in [0.2, 0.25) is 0 Å². The number of anilines is 1. The quantitative estimate of drug-likeness (QED) is 0.898. The number of amides is 1. The van der Waals surface area contributed by atoms with Gasteiger partial charge in [0.15, 0.2) is 11.5 Å². The number of ether oxygens (including phenoxy) is 2. The van der Waals surface area contributed by atoms with Crippen LogP contribution in [0.15, 0.2) is 36.4 Å². The predicted molar refractivity (Wildman–Crippen MR) is 86.0 cm³/mol. The Bertz CT molecular complexity index is 762. The first kappa shape index (κ1) is 16.2. The second kappa shape index (κ2) is 6.86. The first-order chi connectivity index (χ1) is 11.6. The number of hydrogen-bond donors (Lipinski definition) is 1. The van der Waals surface area contributed by atoms with Gasteiger partial charge >= 0.3 is 6.61 Å². The van der Waals surface area contributed by atoms with E-state index in [1.54, 1.807) is 0 Å². The number of fused-ring (bicyclic) bond motifs is 1. The number of nitrogens with one attached hydrogen (secondary N) is 1. The standard InChI is InChI=1S/C18H17F2NO3/c1-23-16-10-13(6-8-15(16)24-18(19)20)17(22)21-14-7-5-11-3-2-4-12(11)9-14/h5-10,18H,2-4H2,1H3,(H,21,22). The summed E-state index contributed by atoms with van der Waals surface area (Å²) in [6.45, 7) is -2.95. The number of methoxy groups -OCH3 is 1. The predicted octanol–water partition coefficient (Wildman–Crippen LogP) is 4.04. The summed E-state index contributed by atoms with van der Waals surface area (Å²) in [7, 11) is 1.33. The molecule has 0 aromatic heterocycles. The molecule has 0 bridgehead atoms. The molecular weight excluding hydrogens is 316 g/mol. The molecule has 2 aromatic rings. The molecule has 6 heteroatoms. The fraction of sp³-hybridized carbons (Fsp3) is 0.278. The Hall–Kier alpha value is -2.63. The highest BCUT2D eigenvalue weighted by Gasteiger charge is 2.15. The van der Waals surface area contributed by atoms with Gasteiger partial charge in [0, 0.05) is 11.3 Å². The molecule has 1 amide bonds. The molecule has 0 aliphatic heterocycles. The van der Waals surface area contributed by atoms with E-state index in [0.29, 0.717) is 11.3 Å². The monoisotopic (exact) mass is 333 g/mol. The lowest BCUT2D eigenvalue weighted by Gasteiger charge is -2.12. The number of aryl methyl sites for hydroxylation is 2. The maximum atomic E-state index is 12.4. The number of carbonyl (C=O) groups is 1. The van der Waals surface area contributed by atoms with E-state index in [-0.39, 0.29) is 17.4 Å². The van der Waals surface area contributed by atoms with Gasteiger partial charge in [-0.1, -0.05) is 6.07 Å². The number of halogens is 2. The van der Waals surface area contributed by atoms with Crippen LogP contribution in [-0.4, -0.2) is 19.6 Å². The lowest BCUT2D eigenvalue weighted by molar-refractivity contribution is -0.0512. The van der Waals surface area contributed by atoms with E-state index in [4.69, 9.17) is 4.74 Å². The van der Waals surface area contributed by atoms with Gasteiger partial charge in [0.25, 0.3) is 5.91 Å². The molecule has 126 valence electrons. The van der Waals surface area contributed by atoms with Crippen molar-refractivity contribution in [2.24, 2.45) is 0 Å². The Balaban J connectivity index is 1.77. The average molecular weight is 333 g/mol. The van der Waals surface area contributed by atoms with Crippen molar-refractivity contribution in [3.05, 3.63) is 53.1 Å². The van der Waals surface area contributed by atoms with Crippen molar-refractivity contribution in [1.82, 2.24) is 0 Å². The normalized spacial score (nSPS) is 12.8. The molecule has 3 rings (SSSR count). The lowest BCUT2D eigenvalue weighted by Crippen LogP contribution is -2.12. The molecule has 0 saturated heterocycles. The van der Waals surface area contributed by atoms with Crippen LogP contribution in [0.25, 0.3) is 0 Å². The van der Waals surface area contributed by atoms with Gasteiger partial charge in [-0.3, -0.25) is 4.79 Å². The smallest absolute Gasteiger partial charge is 0.387 e. The Morgan fingerprint density at radius 1 is 1.08 bits per heavy atom. The van der Waals surface area contributed by atoms with Crippen molar-refractivity contribution in [3.8, 4) is 11.5 Å². The highest BCUT2D eigenvalue weighted by Crippen LogP contribution is 2.30. The van der Waals surface area contributed by atoms with Gasteiger partial charge in [0.05, 0.1) is 7.11 Å². The van der Waals surface area contributed by atoms with Crippen LogP contribution < -0.4 is 14.8 Å². The van der Waals surface area contributed by atoms with Crippen LogP contribution in [0.3, 0.4) is 0 Å². The van der Waals surface area contributed by atoms with Gasteiger partial charge in [-0.15, -0.1) is 0 Å². The molecule has 1 aliphatic rings. The molecule has 0 saturated carbocycles. The third-order valence-corrected chi connectivity index (χ3v) is 4.00. The fourth-order valence-corrected chi connectivity index (χ4v) is 2.86. The Labute approximate surface area is 138 Å². The lowest BCUT2D eigenvalue weighted by atomic mass is 10.1. The zero-order valence-corrected chi connectivity index (χ0v) is 13.1. The Kier molecular flexibility index (Phi) is 4.64. The summed E-state index contributed by atoms with van der Waals surface area (Å²) < 4.78 is 34.0. The minimum absolute atomic E-state index is 0.0805. The molecule has 4 nitrogen and oxygen atoms in total. The Morgan fingerprint density at radius 2 is 1.88 bits per heavy atom. The molecule has 0 fully saturated rings.